The minimum absolute atomic E-state index is 0.450. The SMILES string of the molecule is CC1(C)c2cc(N(c3ccccc3)c3ccc(-c4ccccc4)cc3)ccc2-c2c1cc(N(c1ccccc1)c1ccc(-c3ccccc3)cc1)c1c2-c2ccccc2-c2cccnc2-c2c-1c1ccccc1c1ccccc21. The van der Waals surface area contributed by atoms with Gasteiger partial charge in [-0.15, -0.1) is 0 Å². The van der Waals surface area contributed by atoms with Crippen molar-refractivity contribution >= 4 is 55.7 Å². The monoisotopic (exact) mass is 1010 g/mol. The summed E-state index contributed by atoms with van der Waals surface area (Å²) in [4.78, 5) is 10.4. The van der Waals surface area contributed by atoms with Gasteiger partial charge in [-0.2, -0.15) is 0 Å². The average molecular weight is 1010 g/mol. The van der Waals surface area contributed by atoms with Crippen molar-refractivity contribution < 1.29 is 0 Å². The summed E-state index contributed by atoms with van der Waals surface area (Å²) >= 11 is 0. The third-order valence-electron chi connectivity index (χ3n) is 16.6. The van der Waals surface area contributed by atoms with Gasteiger partial charge in [-0.25, -0.2) is 0 Å². The Morgan fingerprint density at radius 1 is 0.278 bits per heavy atom. The lowest BCUT2D eigenvalue weighted by Crippen LogP contribution is -2.19. The van der Waals surface area contributed by atoms with E-state index in [1.807, 2.05) is 6.20 Å². The number of benzene rings is 12. The molecule has 0 fully saturated rings. The second-order valence-electron chi connectivity index (χ2n) is 21.4. The van der Waals surface area contributed by atoms with Gasteiger partial charge in [0.05, 0.1) is 11.4 Å². The standard InChI is InChI=1S/C76H53N3/c1-76(2)67-48-58(78(54-26-11-5-12-27-54)56-41-37-52(38-42-56)50-22-7-3-8-23-50)45-46-66(67)70-68(76)49-69(79(55-28-13-6-14-29-55)57-43-39-53(40-44-57)51-24-9-4-10-25-51)74-71(70)63-34-19-17-32-61(63)65-36-21-47-77-75(65)73-64-35-20-16-31-60(64)59-30-15-18-33-62(59)72(73)74/h3-49H,1-2H3. The molecule has 0 unspecified atom stereocenters. The summed E-state index contributed by atoms with van der Waals surface area (Å²) in [6.45, 7) is 4.87. The first kappa shape index (κ1) is 46.2. The third kappa shape index (κ3) is 7.46. The number of aromatic nitrogens is 1. The fourth-order valence-corrected chi connectivity index (χ4v) is 13.0. The molecule has 0 radical (unpaired) electrons. The maximum absolute atomic E-state index is 5.43. The summed E-state index contributed by atoms with van der Waals surface area (Å²) in [5.41, 5.74) is 25.1. The number of para-hydroxylation sites is 2. The second-order valence-corrected chi connectivity index (χ2v) is 21.4. The molecule has 3 heteroatoms. The van der Waals surface area contributed by atoms with E-state index in [0.717, 1.165) is 56.5 Å². The molecule has 2 aliphatic carbocycles. The van der Waals surface area contributed by atoms with Crippen LogP contribution in [-0.4, -0.2) is 4.98 Å². The van der Waals surface area contributed by atoms with Crippen molar-refractivity contribution in [1.82, 2.24) is 4.98 Å². The molecule has 0 saturated carbocycles. The zero-order chi connectivity index (χ0) is 52.6. The third-order valence-corrected chi connectivity index (χ3v) is 16.6. The van der Waals surface area contributed by atoms with Crippen LogP contribution in [0.5, 0.6) is 0 Å². The molecule has 0 saturated heterocycles. The van der Waals surface area contributed by atoms with Crippen LogP contribution < -0.4 is 9.80 Å². The Balaban J connectivity index is 1.06. The van der Waals surface area contributed by atoms with Crippen molar-refractivity contribution in [2.45, 2.75) is 19.3 Å². The molecule has 0 spiro atoms. The Labute approximate surface area is 461 Å². The van der Waals surface area contributed by atoms with Gasteiger partial charge in [0.1, 0.15) is 0 Å². The van der Waals surface area contributed by atoms with Crippen LogP contribution >= 0.6 is 0 Å². The number of hydrogen-bond donors (Lipinski definition) is 0. The van der Waals surface area contributed by atoms with Gasteiger partial charge in [0, 0.05) is 67.9 Å². The van der Waals surface area contributed by atoms with Crippen molar-refractivity contribution in [2.24, 2.45) is 0 Å². The molecule has 1 heterocycles. The van der Waals surface area contributed by atoms with Crippen molar-refractivity contribution in [3.63, 3.8) is 0 Å². The van der Waals surface area contributed by atoms with Gasteiger partial charge >= 0.3 is 0 Å². The van der Waals surface area contributed by atoms with Crippen LogP contribution in [0, 0.1) is 0 Å². The van der Waals surface area contributed by atoms with E-state index in [-0.39, 0.29) is 0 Å². The molecular formula is C76H53N3. The predicted molar refractivity (Wildman–Crippen MR) is 332 cm³/mol. The van der Waals surface area contributed by atoms with E-state index in [1.54, 1.807) is 0 Å². The molecule has 13 aromatic rings. The number of fused-ring (bicyclic) bond motifs is 17. The van der Waals surface area contributed by atoms with Crippen molar-refractivity contribution in [3.05, 3.63) is 296 Å². The van der Waals surface area contributed by atoms with E-state index in [1.165, 1.54) is 88.3 Å². The predicted octanol–water partition coefficient (Wildman–Crippen LogP) is 20.9. The zero-order valence-corrected chi connectivity index (χ0v) is 44.0. The Morgan fingerprint density at radius 3 is 1.32 bits per heavy atom. The quantitative estimate of drug-likeness (QED) is 0.141. The average Bonchev–Trinajstić information content (AvgIpc) is 3.94. The van der Waals surface area contributed by atoms with Gasteiger partial charge in [0.25, 0.3) is 0 Å². The summed E-state index contributed by atoms with van der Waals surface area (Å²) < 4.78 is 0. The van der Waals surface area contributed by atoms with Crippen LogP contribution in [0.15, 0.2) is 285 Å². The number of rotatable bonds is 8. The number of nitrogens with zero attached hydrogens (tertiary/aromatic N) is 3. The largest absolute Gasteiger partial charge is 0.310 e. The molecule has 79 heavy (non-hydrogen) atoms. The molecule has 3 nitrogen and oxygen atoms in total. The normalized spacial score (nSPS) is 12.5. The maximum Gasteiger partial charge on any atom is 0.0793 e. The highest BCUT2D eigenvalue weighted by atomic mass is 15.2. The Kier molecular flexibility index (Phi) is 10.9. The van der Waals surface area contributed by atoms with E-state index in [9.17, 15) is 0 Å². The zero-order valence-electron chi connectivity index (χ0n) is 44.0. The molecule has 0 amide bonds. The van der Waals surface area contributed by atoms with Gasteiger partial charge in [-0.3, -0.25) is 4.98 Å². The molecule has 15 rings (SSSR count). The molecule has 0 aliphatic heterocycles. The number of anilines is 6. The molecule has 372 valence electrons. The molecule has 0 N–H and O–H groups in total. The van der Waals surface area contributed by atoms with Crippen LogP contribution in [0.2, 0.25) is 0 Å². The molecule has 12 aromatic carbocycles. The first-order chi connectivity index (χ1) is 39.0. The molecule has 2 aliphatic rings. The van der Waals surface area contributed by atoms with Gasteiger partial charge < -0.3 is 9.80 Å². The molecule has 0 bridgehead atoms. The van der Waals surface area contributed by atoms with Crippen molar-refractivity contribution in [2.75, 3.05) is 9.80 Å². The van der Waals surface area contributed by atoms with Gasteiger partial charge in [0.2, 0.25) is 0 Å². The van der Waals surface area contributed by atoms with Gasteiger partial charge in [-0.1, -0.05) is 220 Å². The smallest absolute Gasteiger partial charge is 0.0793 e. The highest BCUT2D eigenvalue weighted by Crippen LogP contribution is 2.63. The topological polar surface area (TPSA) is 19.4 Å². The van der Waals surface area contributed by atoms with Crippen LogP contribution in [-0.2, 0) is 5.41 Å². The fraction of sp³-hybridized carbons (Fsp3) is 0.0395. The Bertz CT molecular complexity index is 4470. The summed E-state index contributed by atoms with van der Waals surface area (Å²) in [5, 5.41) is 4.78. The number of hydrogen-bond acceptors (Lipinski definition) is 3. The summed E-state index contributed by atoms with van der Waals surface area (Å²) in [6.07, 6.45) is 1.97. The Morgan fingerprint density at radius 2 is 0.722 bits per heavy atom. The number of pyridine rings is 1. The van der Waals surface area contributed by atoms with Crippen LogP contribution in [0.3, 0.4) is 0 Å². The molecule has 1 aromatic heterocycles. The van der Waals surface area contributed by atoms with E-state index >= 15 is 0 Å². The second kappa shape index (κ2) is 18.6. The Hall–Kier alpha value is -10.1. The summed E-state index contributed by atoms with van der Waals surface area (Å²) in [7, 11) is 0. The maximum atomic E-state index is 5.43. The lowest BCUT2D eigenvalue weighted by molar-refractivity contribution is 0.660. The van der Waals surface area contributed by atoms with Gasteiger partial charge in [-0.05, 0) is 150 Å². The first-order valence-electron chi connectivity index (χ1n) is 27.4. The van der Waals surface area contributed by atoms with E-state index in [4.69, 9.17) is 4.98 Å². The highest BCUT2D eigenvalue weighted by molar-refractivity contribution is 6.26. The lowest BCUT2D eigenvalue weighted by atomic mass is 9.74. The highest BCUT2D eigenvalue weighted by Gasteiger charge is 2.42. The minimum Gasteiger partial charge on any atom is -0.310 e. The van der Waals surface area contributed by atoms with Gasteiger partial charge in [0.15, 0.2) is 0 Å². The van der Waals surface area contributed by atoms with E-state index in [0.29, 0.717) is 0 Å². The lowest BCUT2D eigenvalue weighted by Gasteiger charge is -2.34. The minimum atomic E-state index is -0.450. The van der Waals surface area contributed by atoms with Crippen LogP contribution in [0.1, 0.15) is 25.0 Å². The molecule has 0 atom stereocenters. The fourth-order valence-electron chi connectivity index (χ4n) is 13.0. The van der Waals surface area contributed by atoms with Crippen molar-refractivity contribution in [1.29, 1.82) is 0 Å². The van der Waals surface area contributed by atoms with Crippen LogP contribution in [0.4, 0.5) is 34.1 Å². The van der Waals surface area contributed by atoms with E-state index in [2.05, 4.69) is 303 Å². The first-order valence-corrected chi connectivity index (χ1v) is 27.4. The van der Waals surface area contributed by atoms with Crippen molar-refractivity contribution in [3.8, 4) is 78.0 Å². The molecular weight excluding hydrogens is 955 g/mol. The van der Waals surface area contributed by atoms with Crippen LogP contribution in [0.25, 0.3) is 99.6 Å². The summed E-state index contributed by atoms with van der Waals surface area (Å²) in [6, 6.07) is 103. The summed E-state index contributed by atoms with van der Waals surface area (Å²) in [5.74, 6) is 0. The van der Waals surface area contributed by atoms with E-state index < -0.39 is 5.41 Å².